The minimum atomic E-state index is -0.222. The van der Waals surface area contributed by atoms with E-state index in [1.807, 2.05) is 62.4 Å². The molecule has 2 aromatic rings. The number of hydrogen-bond donors (Lipinski definition) is 0. The largest absolute Gasteiger partial charge is 0.366 e. The average molecular weight is 360 g/mol. The van der Waals surface area contributed by atoms with Crippen LogP contribution in [0.1, 0.15) is 36.0 Å². The van der Waals surface area contributed by atoms with Crippen molar-refractivity contribution >= 4 is 23.1 Å². The Balaban J connectivity index is 1.85. The van der Waals surface area contributed by atoms with Crippen molar-refractivity contribution in [3.8, 4) is 0 Å². The number of imide groups is 1. The van der Waals surface area contributed by atoms with Crippen LogP contribution in [-0.4, -0.2) is 29.8 Å². The number of benzene rings is 2. The van der Waals surface area contributed by atoms with Gasteiger partial charge >= 0.3 is 0 Å². The van der Waals surface area contributed by atoms with Crippen LogP contribution in [0.3, 0.4) is 0 Å². The first-order chi connectivity index (χ1) is 13.1. The third-order valence-electron chi connectivity index (χ3n) is 5.61. The molecule has 0 bridgehead atoms. The molecule has 2 heterocycles. The quantitative estimate of drug-likeness (QED) is 0.775. The van der Waals surface area contributed by atoms with Gasteiger partial charge in [0.05, 0.1) is 11.3 Å². The lowest BCUT2D eigenvalue weighted by Crippen LogP contribution is -2.37. The van der Waals surface area contributed by atoms with Crippen molar-refractivity contribution in [1.29, 1.82) is 0 Å². The van der Waals surface area contributed by atoms with Crippen molar-refractivity contribution < 1.29 is 9.59 Å². The number of carbonyl (C=O) groups excluding carboxylic acids is 2. The Morgan fingerprint density at radius 2 is 1.48 bits per heavy atom. The molecule has 138 valence electrons. The molecule has 4 nitrogen and oxygen atoms in total. The number of carbonyl (C=O) groups is 2. The molecule has 0 aromatic heterocycles. The molecule has 0 spiro atoms. The van der Waals surface area contributed by atoms with E-state index in [1.165, 1.54) is 11.3 Å². The van der Waals surface area contributed by atoms with Crippen LogP contribution in [0.15, 0.2) is 54.2 Å². The van der Waals surface area contributed by atoms with Crippen LogP contribution in [0, 0.1) is 13.8 Å². The van der Waals surface area contributed by atoms with Crippen LogP contribution in [0.4, 0.5) is 5.69 Å². The fourth-order valence-corrected chi connectivity index (χ4v) is 3.99. The molecule has 27 heavy (non-hydrogen) atoms. The number of anilines is 1. The van der Waals surface area contributed by atoms with E-state index in [2.05, 4.69) is 4.90 Å². The van der Waals surface area contributed by atoms with Crippen molar-refractivity contribution in [3.05, 3.63) is 70.9 Å². The fraction of sp³-hybridized carbons (Fsp3) is 0.304. The lowest BCUT2D eigenvalue weighted by molar-refractivity contribution is -0.120. The molecule has 4 heteroatoms. The van der Waals surface area contributed by atoms with Gasteiger partial charge in [-0.25, -0.2) is 4.90 Å². The van der Waals surface area contributed by atoms with Gasteiger partial charge in [-0.2, -0.15) is 0 Å². The summed E-state index contributed by atoms with van der Waals surface area (Å²) in [6, 6.07) is 15.3. The SMILES string of the molecule is Cc1cccc(N2C(=O)C(c3ccccc3)=C(N3CCCCC3)C2=O)c1C. The van der Waals surface area contributed by atoms with Crippen molar-refractivity contribution in [2.24, 2.45) is 0 Å². The summed E-state index contributed by atoms with van der Waals surface area (Å²) in [5.74, 6) is -0.421. The smallest absolute Gasteiger partial charge is 0.282 e. The lowest BCUT2D eigenvalue weighted by atomic mass is 10.0. The van der Waals surface area contributed by atoms with E-state index in [-0.39, 0.29) is 11.8 Å². The van der Waals surface area contributed by atoms with Crippen LogP contribution in [0.5, 0.6) is 0 Å². The van der Waals surface area contributed by atoms with Gasteiger partial charge in [-0.05, 0) is 55.9 Å². The van der Waals surface area contributed by atoms with Crippen molar-refractivity contribution in [2.75, 3.05) is 18.0 Å². The van der Waals surface area contributed by atoms with E-state index in [4.69, 9.17) is 0 Å². The minimum Gasteiger partial charge on any atom is -0.366 e. The molecule has 1 fully saturated rings. The zero-order chi connectivity index (χ0) is 19.0. The maximum atomic E-state index is 13.5. The summed E-state index contributed by atoms with van der Waals surface area (Å²) in [6.07, 6.45) is 3.28. The Bertz CT molecular complexity index is 925. The Hall–Kier alpha value is -2.88. The first kappa shape index (κ1) is 17.5. The number of nitrogens with zero attached hydrogens (tertiary/aromatic N) is 2. The van der Waals surface area contributed by atoms with E-state index in [1.54, 1.807) is 0 Å². The molecule has 0 aliphatic carbocycles. The van der Waals surface area contributed by atoms with Gasteiger partial charge in [0, 0.05) is 13.1 Å². The second-order valence-electron chi connectivity index (χ2n) is 7.30. The topological polar surface area (TPSA) is 40.6 Å². The summed E-state index contributed by atoms with van der Waals surface area (Å²) in [7, 11) is 0. The zero-order valence-corrected chi connectivity index (χ0v) is 15.9. The first-order valence-electron chi connectivity index (χ1n) is 9.59. The Kier molecular flexibility index (Phi) is 4.56. The highest BCUT2D eigenvalue weighted by molar-refractivity contribution is 6.45. The average Bonchev–Trinajstić information content (AvgIpc) is 2.96. The van der Waals surface area contributed by atoms with E-state index < -0.39 is 0 Å². The monoisotopic (exact) mass is 360 g/mol. The van der Waals surface area contributed by atoms with Crippen molar-refractivity contribution in [1.82, 2.24) is 4.90 Å². The minimum absolute atomic E-state index is 0.200. The highest BCUT2D eigenvalue weighted by atomic mass is 16.2. The summed E-state index contributed by atoms with van der Waals surface area (Å²) in [5, 5.41) is 0. The highest BCUT2D eigenvalue weighted by Crippen LogP contribution is 2.37. The lowest BCUT2D eigenvalue weighted by Gasteiger charge is -2.29. The highest BCUT2D eigenvalue weighted by Gasteiger charge is 2.43. The van der Waals surface area contributed by atoms with Crippen LogP contribution >= 0.6 is 0 Å². The number of hydrogen-bond acceptors (Lipinski definition) is 3. The van der Waals surface area contributed by atoms with Crippen LogP contribution in [0.2, 0.25) is 0 Å². The van der Waals surface area contributed by atoms with Gasteiger partial charge in [-0.3, -0.25) is 9.59 Å². The van der Waals surface area contributed by atoms with Crippen molar-refractivity contribution in [2.45, 2.75) is 33.1 Å². The van der Waals surface area contributed by atoms with Gasteiger partial charge in [0.1, 0.15) is 5.70 Å². The molecule has 0 unspecified atom stereocenters. The number of likely N-dealkylation sites (tertiary alicyclic amines) is 1. The molecule has 2 aromatic carbocycles. The van der Waals surface area contributed by atoms with Crippen LogP contribution < -0.4 is 4.90 Å². The molecule has 2 aliphatic heterocycles. The first-order valence-corrected chi connectivity index (χ1v) is 9.59. The fourth-order valence-electron chi connectivity index (χ4n) is 3.99. The van der Waals surface area contributed by atoms with Gasteiger partial charge in [0.15, 0.2) is 0 Å². The summed E-state index contributed by atoms with van der Waals surface area (Å²) < 4.78 is 0. The Morgan fingerprint density at radius 3 is 2.19 bits per heavy atom. The number of rotatable bonds is 3. The van der Waals surface area contributed by atoms with Gasteiger partial charge in [-0.1, -0.05) is 42.5 Å². The molecular formula is C23H24N2O2. The summed E-state index contributed by atoms with van der Waals surface area (Å²) in [4.78, 5) is 30.4. The second kappa shape index (κ2) is 7.03. The molecule has 4 rings (SSSR count). The number of piperidine rings is 1. The van der Waals surface area contributed by atoms with E-state index in [9.17, 15) is 9.59 Å². The van der Waals surface area contributed by atoms with E-state index in [0.717, 1.165) is 42.6 Å². The van der Waals surface area contributed by atoms with E-state index in [0.29, 0.717) is 17.0 Å². The molecule has 0 saturated carbocycles. The standard InChI is InChI=1S/C23H24N2O2/c1-16-10-9-13-19(17(16)2)25-22(26)20(18-11-5-3-6-12-18)21(23(25)27)24-14-7-4-8-15-24/h3,5-6,9-13H,4,7-8,14-15H2,1-2H3. The predicted octanol–water partition coefficient (Wildman–Crippen LogP) is 4.07. The Labute approximate surface area is 160 Å². The molecule has 0 radical (unpaired) electrons. The molecule has 0 atom stereocenters. The molecular weight excluding hydrogens is 336 g/mol. The van der Waals surface area contributed by atoms with Gasteiger partial charge in [-0.15, -0.1) is 0 Å². The Morgan fingerprint density at radius 1 is 0.778 bits per heavy atom. The summed E-state index contributed by atoms with van der Waals surface area (Å²) in [6.45, 7) is 5.61. The maximum Gasteiger partial charge on any atom is 0.282 e. The summed E-state index contributed by atoms with van der Waals surface area (Å²) >= 11 is 0. The van der Waals surface area contributed by atoms with Gasteiger partial charge in [0.25, 0.3) is 11.8 Å². The third-order valence-corrected chi connectivity index (χ3v) is 5.61. The second-order valence-corrected chi connectivity index (χ2v) is 7.30. The number of aryl methyl sites for hydroxylation is 1. The molecule has 2 aliphatic rings. The maximum absolute atomic E-state index is 13.5. The van der Waals surface area contributed by atoms with E-state index >= 15 is 0 Å². The van der Waals surface area contributed by atoms with Crippen molar-refractivity contribution in [3.63, 3.8) is 0 Å². The third kappa shape index (κ3) is 2.95. The van der Waals surface area contributed by atoms with Crippen LogP contribution in [-0.2, 0) is 9.59 Å². The van der Waals surface area contributed by atoms with Gasteiger partial charge < -0.3 is 4.90 Å². The predicted molar refractivity (Wildman–Crippen MR) is 107 cm³/mol. The zero-order valence-electron chi connectivity index (χ0n) is 15.9. The van der Waals surface area contributed by atoms with Crippen LogP contribution in [0.25, 0.3) is 5.57 Å². The molecule has 0 N–H and O–H groups in total. The number of amides is 2. The summed E-state index contributed by atoms with van der Waals surface area (Å²) in [5.41, 5.74) is 4.62. The molecule has 1 saturated heterocycles. The van der Waals surface area contributed by atoms with Gasteiger partial charge in [0.2, 0.25) is 0 Å². The normalized spacial score (nSPS) is 17.9. The molecule has 2 amide bonds.